The van der Waals surface area contributed by atoms with Crippen LogP contribution in [-0.4, -0.2) is 97.5 Å². The highest BCUT2D eigenvalue weighted by atomic mass is 32.3. The van der Waals surface area contributed by atoms with E-state index in [1.807, 2.05) is 0 Å². The second kappa shape index (κ2) is 48.1. The van der Waals surface area contributed by atoms with E-state index in [0.29, 0.717) is 13.0 Å². The van der Waals surface area contributed by atoms with Crippen LogP contribution in [0.15, 0.2) is 0 Å². The fourth-order valence-electron chi connectivity index (χ4n) is 9.56. The molecule has 1 aliphatic rings. The highest BCUT2D eigenvalue weighted by molar-refractivity contribution is 7.80. The number of esters is 1. The number of hydrogen-bond donors (Lipinski definition) is 4. The smallest absolute Gasteiger partial charge is 0.397 e. The van der Waals surface area contributed by atoms with Crippen molar-refractivity contribution in [2.45, 2.75) is 327 Å². The van der Waals surface area contributed by atoms with Gasteiger partial charge in [-0.1, -0.05) is 271 Å². The molecule has 0 spiro atoms. The Bertz CT molecular complexity index is 1210. The maximum atomic E-state index is 12.9. The molecule has 1 heterocycles. The summed E-state index contributed by atoms with van der Waals surface area (Å²) in [6, 6.07) is 0. The van der Waals surface area contributed by atoms with Gasteiger partial charge in [0.05, 0.1) is 19.8 Å². The summed E-state index contributed by atoms with van der Waals surface area (Å²) < 4.78 is 59.4. The van der Waals surface area contributed by atoms with E-state index in [-0.39, 0.29) is 25.6 Å². The van der Waals surface area contributed by atoms with Gasteiger partial charge in [0, 0.05) is 13.0 Å². The molecule has 6 atom stereocenters. The lowest BCUT2D eigenvalue weighted by Crippen LogP contribution is -2.60. The third-order valence-corrected chi connectivity index (χ3v) is 14.4. The Morgan fingerprint density at radius 3 is 1.16 bits per heavy atom. The molecule has 412 valence electrons. The predicted molar refractivity (Wildman–Crippen MR) is 281 cm³/mol. The third kappa shape index (κ3) is 41.2. The van der Waals surface area contributed by atoms with Gasteiger partial charge in [0.1, 0.15) is 30.5 Å². The Labute approximate surface area is 424 Å². The predicted octanol–water partition coefficient (Wildman–Crippen LogP) is 14.4. The Hall–Kier alpha value is -0.900. The minimum atomic E-state index is -5.06. The maximum Gasteiger partial charge on any atom is 0.397 e. The number of carbonyl (C=O) groups excluding carboxylic acids is 1. The summed E-state index contributed by atoms with van der Waals surface area (Å²) in [5.41, 5.74) is 0. The molecule has 1 aliphatic heterocycles. The van der Waals surface area contributed by atoms with E-state index in [1.54, 1.807) is 0 Å². The van der Waals surface area contributed by atoms with Crippen LogP contribution >= 0.6 is 0 Å². The van der Waals surface area contributed by atoms with Crippen LogP contribution in [0.3, 0.4) is 0 Å². The normalized spacial score (nSPS) is 19.1. The van der Waals surface area contributed by atoms with Gasteiger partial charge in [0.25, 0.3) is 0 Å². The average Bonchev–Trinajstić information content (AvgIpc) is 3.32. The Morgan fingerprint density at radius 2 is 0.826 bits per heavy atom. The van der Waals surface area contributed by atoms with Crippen molar-refractivity contribution in [2.24, 2.45) is 0 Å². The molecule has 1 rings (SSSR count). The minimum absolute atomic E-state index is 0.0457. The van der Waals surface area contributed by atoms with E-state index < -0.39 is 53.8 Å². The summed E-state index contributed by atoms with van der Waals surface area (Å²) in [6.07, 6.45) is 45.7. The summed E-state index contributed by atoms with van der Waals surface area (Å²) in [6.45, 7) is 4.08. The van der Waals surface area contributed by atoms with Crippen molar-refractivity contribution in [2.75, 3.05) is 26.4 Å². The lowest BCUT2D eigenvalue weighted by Gasteiger charge is -2.41. The molecule has 0 radical (unpaired) electrons. The first-order chi connectivity index (χ1) is 33.6. The summed E-state index contributed by atoms with van der Waals surface area (Å²) in [4.78, 5) is 12.9. The first-order valence-electron chi connectivity index (χ1n) is 29.3. The third-order valence-electron chi connectivity index (χ3n) is 14.0. The zero-order valence-corrected chi connectivity index (χ0v) is 45.5. The first kappa shape index (κ1) is 66.1. The fraction of sp³-hybridized carbons (Fsp3) is 0.982. The van der Waals surface area contributed by atoms with Gasteiger partial charge in [-0.15, -0.1) is 0 Å². The van der Waals surface area contributed by atoms with Crippen molar-refractivity contribution in [1.82, 2.24) is 0 Å². The highest BCUT2D eigenvalue weighted by Crippen LogP contribution is 2.26. The largest absolute Gasteiger partial charge is 0.457 e. The van der Waals surface area contributed by atoms with Crippen molar-refractivity contribution in [1.29, 1.82) is 0 Å². The number of aliphatic hydroxyl groups excluding tert-OH is 3. The minimum Gasteiger partial charge on any atom is -0.457 e. The van der Waals surface area contributed by atoms with Crippen molar-refractivity contribution in [3.8, 4) is 0 Å². The molecular formula is C56H110O12S. The molecule has 0 aromatic heterocycles. The first-order valence-corrected chi connectivity index (χ1v) is 30.7. The van der Waals surface area contributed by atoms with Gasteiger partial charge >= 0.3 is 16.4 Å². The highest BCUT2D eigenvalue weighted by Gasteiger charge is 2.48. The lowest BCUT2D eigenvalue weighted by atomic mass is 9.99. The van der Waals surface area contributed by atoms with Gasteiger partial charge in [0.2, 0.25) is 0 Å². The molecule has 13 heteroatoms. The second-order valence-corrected chi connectivity index (χ2v) is 21.7. The Kier molecular flexibility index (Phi) is 46.1. The summed E-state index contributed by atoms with van der Waals surface area (Å²) in [7, 11) is -5.06. The van der Waals surface area contributed by atoms with Gasteiger partial charge in [-0.25, -0.2) is 4.18 Å². The van der Waals surface area contributed by atoms with Crippen LogP contribution in [0.5, 0.6) is 0 Å². The second-order valence-electron chi connectivity index (χ2n) is 20.6. The molecule has 0 amide bonds. The monoisotopic (exact) mass is 1010 g/mol. The number of aliphatic hydroxyl groups is 3. The maximum absolute atomic E-state index is 12.9. The van der Waals surface area contributed by atoms with Crippen LogP contribution in [0.4, 0.5) is 0 Å². The number of carbonyl (C=O) groups is 1. The molecule has 1 fully saturated rings. The molecule has 1 saturated heterocycles. The van der Waals surface area contributed by atoms with Crippen LogP contribution in [0, 0.1) is 0 Å². The number of hydrogen-bond acceptors (Lipinski definition) is 11. The number of rotatable bonds is 53. The standard InChI is InChI=1S/C56H110O12S/c1-3-5-7-9-11-13-15-17-19-21-23-24-25-26-28-30-32-34-36-38-40-42-44-46-64-48-50(49-65-56-54(60)55(68-69(61,62)63)53(59)51(47-57)67-56)66-52(58)45-43-41-39-37-35-33-31-29-27-22-20-18-16-14-12-10-8-6-4-2/h50-51,53-57,59-60H,3-49H2,1-2H3,(H,61,62,63). The quantitative estimate of drug-likeness (QED) is 0.0258. The van der Waals surface area contributed by atoms with Gasteiger partial charge < -0.3 is 34.3 Å². The molecule has 0 aromatic rings. The Morgan fingerprint density at radius 1 is 0.493 bits per heavy atom. The molecule has 4 N–H and O–H groups in total. The van der Waals surface area contributed by atoms with Crippen LogP contribution in [0.1, 0.15) is 290 Å². The molecule has 0 saturated carbocycles. The zero-order valence-electron chi connectivity index (χ0n) is 44.7. The molecule has 6 unspecified atom stereocenters. The molecule has 0 aliphatic carbocycles. The topological polar surface area (TPSA) is 178 Å². The molecule has 0 aromatic carbocycles. The average molecular weight is 1010 g/mol. The molecule has 0 bridgehead atoms. The molecular weight excluding hydrogens is 897 g/mol. The van der Waals surface area contributed by atoms with Crippen molar-refractivity contribution < 1.29 is 56.2 Å². The van der Waals surface area contributed by atoms with Crippen molar-refractivity contribution in [3.63, 3.8) is 0 Å². The summed E-state index contributed by atoms with van der Waals surface area (Å²) in [5, 5.41) is 30.8. The van der Waals surface area contributed by atoms with E-state index in [0.717, 1.165) is 38.5 Å². The van der Waals surface area contributed by atoms with E-state index in [1.165, 1.54) is 225 Å². The summed E-state index contributed by atoms with van der Waals surface area (Å²) >= 11 is 0. The van der Waals surface area contributed by atoms with Gasteiger partial charge in [-0.3, -0.25) is 9.35 Å². The molecule has 12 nitrogen and oxygen atoms in total. The van der Waals surface area contributed by atoms with Crippen LogP contribution in [-0.2, 0) is 38.3 Å². The Balaban J connectivity index is 2.27. The van der Waals surface area contributed by atoms with E-state index >= 15 is 0 Å². The van der Waals surface area contributed by atoms with E-state index in [9.17, 15) is 33.1 Å². The van der Waals surface area contributed by atoms with Crippen LogP contribution < -0.4 is 0 Å². The lowest BCUT2D eigenvalue weighted by molar-refractivity contribution is -0.301. The molecule has 69 heavy (non-hydrogen) atoms. The fourth-order valence-corrected chi connectivity index (χ4v) is 10.1. The van der Waals surface area contributed by atoms with E-state index in [2.05, 4.69) is 18.0 Å². The van der Waals surface area contributed by atoms with Crippen molar-refractivity contribution in [3.05, 3.63) is 0 Å². The summed E-state index contributed by atoms with van der Waals surface area (Å²) in [5.74, 6) is -0.389. The van der Waals surface area contributed by atoms with Crippen molar-refractivity contribution >= 4 is 16.4 Å². The number of unbranched alkanes of at least 4 members (excludes halogenated alkanes) is 40. The van der Waals surface area contributed by atoms with Gasteiger partial charge in [-0.05, 0) is 12.8 Å². The van der Waals surface area contributed by atoms with Crippen LogP contribution in [0.2, 0.25) is 0 Å². The van der Waals surface area contributed by atoms with Gasteiger partial charge in [-0.2, -0.15) is 8.42 Å². The van der Waals surface area contributed by atoms with Gasteiger partial charge in [0.15, 0.2) is 6.29 Å². The SMILES string of the molecule is CCCCCCCCCCCCCCCCCCCCCCCCCOCC(COC1OC(CO)C(O)C(OS(=O)(=O)O)C1O)OC(=O)CCCCCCCCCCCCCCCCCCCCC. The van der Waals surface area contributed by atoms with E-state index in [4.69, 9.17) is 18.9 Å². The zero-order chi connectivity index (χ0) is 50.3. The number of ether oxygens (including phenoxy) is 4. The van der Waals surface area contributed by atoms with Crippen LogP contribution in [0.25, 0.3) is 0 Å².